The van der Waals surface area contributed by atoms with Crippen molar-refractivity contribution in [3.05, 3.63) is 0 Å². The average Bonchev–Trinajstić information content (AvgIpc) is 2.50. The predicted molar refractivity (Wildman–Crippen MR) is 64.4 cm³/mol. The van der Waals surface area contributed by atoms with Gasteiger partial charge in [-0.1, -0.05) is 20.8 Å². The summed E-state index contributed by atoms with van der Waals surface area (Å²) in [5, 5.41) is -0.536. The number of rotatable bonds is 2. The molecule has 2 saturated carbocycles. The molecule has 0 amide bonds. The van der Waals surface area contributed by atoms with Crippen LogP contribution in [0.15, 0.2) is 0 Å². The van der Waals surface area contributed by atoms with Crippen LogP contribution in [0.2, 0.25) is 0 Å². The maximum atomic E-state index is 11.6. The molecule has 0 N–H and O–H groups in total. The lowest BCUT2D eigenvalue weighted by Gasteiger charge is -2.38. The van der Waals surface area contributed by atoms with Gasteiger partial charge < -0.3 is 4.74 Å². The minimum atomic E-state index is -0.536. The quantitative estimate of drug-likeness (QED) is 0.550. The van der Waals surface area contributed by atoms with Crippen LogP contribution in [0.4, 0.5) is 0 Å². The van der Waals surface area contributed by atoms with Gasteiger partial charge in [0.15, 0.2) is 0 Å². The third-order valence-corrected chi connectivity index (χ3v) is 5.48. The van der Waals surface area contributed by atoms with Crippen LogP contribution in [-0.2, 0) is 9.53 Å². The number of hydrogen-bond acceptors (Lipinski definition) is 2. The number of halogens is 1. The Labute approximate surface area is 103 Å². The molecular formula is C13H21ClO2. The number of fused-ring (bicyclic) bond motifs is 2. The summed E-state index contributed by atoms with van der Waals surface area (Å²) in [5.74, 6) is 0.428. The first-order valence-corrected chi connectivity index (χ1v) is 6.57. The van der Waals surface area contributed by atoms with Gasteiger partial charge in [0, 0.05) is 5.41 Å². The third kappa shape index (κ3) is 1.49. The van der Waals surface area contributed by atoms with E-state index in [4.69, 9.17) is 16.3 Å². The molecule has 2 bridgehead atoms. The molecule has 0 aromatic rings. The molecule has 92 valence electrons. The third-order valence-electron chi connectivity index (χ3n) is 5.30. The largest absolute Gasteiger partial charge is 0.461 e. The molecule has 0 saturated heterocycles. The molecule has 0 spiro atoms. The normalized spacial score (nSPS) is 42.1. The highest BCUT2D eigenvalue weighted by atomic mass is 35.5. The molecule has 2 aliphatic carbocycles. The second-order valence-corrected chi connectivity index (χ2v) is 6.81. The first-order chi connectivity index (χ1) is 7.29. The number of carbonyl (C=O) groups excluding carboxylic acids is 1. The summed E-state index contributed by atoms with van der Waals surface area (Å²) < 4.78 is 5.57. The number of carbonyl (C=O) groups is 1. The molecule has 2 rings (SSSR count). The lowest BCUT2D eigenvalue weighted by atomic mass is 9.70. The van der Waals surface area contributed by atoms with Crippen molar-refractivity contribution in [1.82, 2.24) is 0 Å². The Hall–Kier alpha value is -0.240. The number of alkyl halides is 1. The Morgan fingerprint density at radius 3 is 2.44 bits per heavy atom. The van der Waals surface area contributed by atoms with Crippen LogP contribution in [-0.4, -0.2) is 17.5 Å². The van der Waals surface area contributed by atoms with E-state index in [1.54, 1.807) is 6.92 Å². The SMILES string of the molecule is CC(Cl)C(=O)OC1CC2CCC1(C)C2(C)C. The molecule has 2 nitrogen and oxygen atoms in total. The van der Waals surface area contributed by atoms with Crippen molar-refractivity contribution in [2.75, 3.05) is 0 Å². The van der Waals surface area contributed by atoms with Gasteiger partial charge in [-0.2, -0.15) is 0 Å². The van der Waals surface area contributed by atoms with Gasteiger partial charge in [-0.15, -0.1) is 11.6 Å². The van der Waals surface area contributed by atoms with Gasteiger partial charge in [0.05, 0.1) is 0 Å². The maximum Gasteiger partial charge on any atom is 0.324 e. The van der Waals surface area contributed by atoms with Crippen LogP contribution < -0.4 is 0 Å². The lowest BCUT2D eigenvalue weighted by Crippen LogP contribution is -2.39. The van der Waals surface area contributed by atoms with Crippen molar-refractivity contribution in [2.45, 2.75) is 58.4 Å². The monoisotopic (exact) mass is 244 g/mol. The van der Waals surface area contributed by atoms with Gasteiger partial charge in [0.1, 0.15) is 11.5 Å². The van der Waals surface area contributed by atoms with E-state index in [1.165, 1.54) is 12.8 Å². The molecule has 4 unspecified atom stereocenters. The van der Waals surface area contributed by atoms with Crippen LogP contribution in [0.25, 0.3) is 0 Å². The minimum absolute atomic E-state index is 0.0648. The van der Waals surface area contributed by atoms with Crippen LogP contribution in [0.3, 0.4) is 0 Å². The van der Waals surface area contributed by atoms with Gasteiger partial charge in [-0.3, -0.25) is 4.79 Å². The molecule has 2 fully saturated rings. The van der Waals surface area contributed by atoms with Gasteiger partial charge in [0.2, 0.25) is 0 Å². The molecule has 3 heteroatoms. The van der Waals surface area contributed by atoms with E-state index in [-0.39, 0.29) is 22.9 Å². The van der Waals surface area contributed by atoms with E-state index < -0.39 is 5.38 Å². The van der Waals surface area contributed by atoms with Crippen molar-refractivity contribution in [1.29, 1.82) is 0 Å². The number of ether oxygens (including phenoxy) is 1. The summed E-state index contributed by atoms with van der Waals surface area (Å²) in [7, 11) is 0. The Morgan fingerprint density at radius 1 is 1.44 bits per heavy atom. The molecule has 0 aromatic heterocycles. The van der Waals surface area contributed by atoms with Crippen molar-refractivity contribution < 1.29 is 9.53 Å². The van der Waals surface area contributed by atoms with Crippen molar-refractivity contribution in [2.24, 2.45) is 16.7 Å². The molecule has 16 heavy (non-hydrogen) atoms. The zero-order chi connectivity index (χ0) is 12.1. The molecule has 0 aromatic carbocycles. The number of hydrogen-bond donors (Lipinski definition) is 0. The summed E-state index contributed by atoms with van der Waals surface area (Å²) in [6.45, 7) is 8.55. The van der Waals surface area contributed by atoms with Crippen molar-refractivity contribution >= 4 is 17.6 Å². The molecular weight excluding hydrogens is 224 g/mol. The van der Waals surface area contributed by atoms with E-state index >= 15 is 0 Å². The van der Waals surface area contributed by atoms with Crippen molar-refractivity contribution in [3.8, 4) is 0 Å². The van der Waals surface area contributed by atoms with E-state index in [9.17, 15) is 4.79 Å². The maximum absolute atomic E-state index is 11.6. The highest BCUT2D eigenvalue weighted by Crippen LogP contribution is 2.66. The zero-order valence-corrected chi connectivity index (χ0v) is 11.3. The highest BCUT2D eigenvalue weighted by molar-refractivity contribution is 6.29. The van der Waals surface area contributed by atoms with E-state index in [2.05, 4.69) is 20.8 Å². The summed E-state index contributed by atoms with van der Waals surface area (Å²) in [6, 6.07) is 0. The van der Waals surface area contributed by atoms with Gasteiger partial charge in [-0.05, 0) is 37.5 Å². The number of esters is 1. The fourth-order valence-electron chi connectivity index (χ4n) is 3.54. The van der Waals surface area contributed by atoms with E-state index in [0.29, 0.717) is 5.92 Å². The Balaban J connectivity index is 2.13. The van der Waals surface area contributed by atoms with Gasteiger partial charge in [0.25, 0.3) is 0 Å². The molecule has 0 aliphatic heterocycles. The zero-order valence-electron chi connectivity index (χ0n) is 10.5. The smallest absolute Gasteiger partial charge is 0.324 e. The summed E-state index contributed by atoms with van der Waals surface area (Å²) in [5.41, 5.74) is 0.423. The summed E-state index contributed by atoms with van der Waals surface area (Å²) in [4.78, 5) is 11.6. The van der Waals surface area contributed by atoms with Crippen LogP contribution >= 0.6 is 11.6 Å². The van der Waals surface area contributed by atoms with Crippen LogP contribution in [0.1, 0.15) is 47.0 Å². The Bertz CT molecular complexity index is 311. The second kappa shape index (κ2) is 3.63. The molecule has 0 heterocycles. The molecule has 0 radical (unpaired) electrons. The second-order valence-electron chi connectivity index (χ2n) is 6.15. The highest BCUT2D eigenvalue weighted by Gasteiger charge is 2.62. The topological polar surface area (TPSA) is 26.3 Å². The summed E-state index contributed by atoms with van der Waals surface area (Å²) in [6.07, 6.45) is 3.52. The first-order valence-electron chi connectivity index (χ1n) is 6.13. The van der Waals surface area contributed by atoms with E-state index in [0.717, 1.165) is 6.42 Å². The molecule has 4 atom stereocenters. The van der Waals surface area contributed by atoms with Crippen molar-refractivity contribution in [3.63, 3.8) is 0 Å². The fraction of sp³-hybridized carbons (Fsp3) is 0.923. The Kier molecular flexibility index (Phi) is 2.77. The first kappa shape index (κ1) is 12.2. The van der Waals surface area contributed by atoms with Crippen LogP contribution in [0, 0.1) is 16.7 Å². The minimum Gasteiger partial charge on any atom is -0.461 e. The summed E-state index contributed by atoms with van der Waals surface area (Å²) >= 11 is 5.75. The lowest BCUT2D eigenvalue weighted by molar-refractivity contribution is -0.156. The predicted octanol–water partition coefficient (Wildman–Crippen LogP) is 3.37. The molecule has 2 aliphatic rings. The fourth-order valence-corrected chi connectivity index (χ4v) is 3.59. The van der Waals surface area contributed by atoms with Crippen LogP contribution in [0.5, 0.6) is 0 Å². The van der Waals surface area contributed by atoms with Gasteiger partial charge >= 0.3 is 5.97 Å². The average molecular weight is 245 g/mol. The standard InChI is InChI=1S/C13H21ClO2/c1-8(14)11(15)16-10-7-9-5-6-13(10,4)12(9,2)3/h8-10H,5-7H2,1-4H3. The Morgan fingerprint density at radius 2 is 2.06 bits per heavy atom. The van der Waals surface area contributed by atoms with Gasteiger partial charge in [-0.25, -0.2) is 0 Å². The van der Waals surface area contributed by atoms with E-state index in [1.807, 2.05) is 0 Å².